The average Bonchev–Trinajstić information content (AvgIpc) is 3.07. The summed E-state index contributed by atoms with van der Waals surface area (Å²) < 4.78 is 10.2. The molecule has 0 saturated carbocycles. The molecule has 0 fully saturated rings. The second-order valence-corrected chi connectivity index (χ2v) is 6.20. The standard InChI is InChI=1S/C17H16N4O3S/c1-11-8-12(2)19-17(18-11)25-10-15(22)23-9-14-20-16(21-24-14)13-6-4-3-5-7-13/h3-8H,9-10H2,1-2H3. The third kappa shape index (κ3) is 4.87. The van der Waals surface area contributed by atoms with Crippen LogP contribution in [-0.2, 0) is 16.1 Å². The van der Waals surface area contributed by atoms with Crippen molar-refractivity contribution in [3.05, 3.63) is 53.7 Å². The smallest absolute Gasteiger partial charge is 0.316 e. The molecule has 0 amide bonds. The van der Waals surface area contributed by atoms with Gasteiger partial charge in [-0.2, -0.15) is 4.98 Å². The minimum Gasteiger partial charge on any atom is -0.455 e. The molecule has 1 aromatic carbocycles. The van der Waals surface area contributed by atoms with Crippen molar-refractivity contribution >= 4 is 17.7 Å². The van der Waals surface area contributed by atoms with Crippen LogP contribution in [0.25, 0.3) is 11.4 Å². The molecule has 0 bridgehead atoms. The van der Waals surface area contributed by atoms with Crippen LogP contribution in [0.2, 0.25) is 0 Å². The van der Waals surface area contributed by atoms with Crippen molar-refractivity contribution in [3.63, 3.8) is 0 Å². The van der Waals surface area contributed by atoms with Gasteiger partial charge in [0.25, 0.3) is 5.89 Å². The summed E-state index contributed by atoms with van der Waals surface area (Å²) in [6, 6.07) is 11.3. The van der Waals surface area contributed by atoms with Crippen molar-refractivity contribution in [3.8, 4) is 11.4 Å². The molecule has 0 N–H and O–H groups in total. The summed E-state index contributed by atoms with van der Waals surface area (Å²) in [6.07, 6.45) is 0. The summed E-state index contributed by atoms with van der Waals surface area (Å²) in [5.74, 6) is 0.430. The van der Waals surface area contributed by atoms with Crippen molar-refractivity contribution < 1.29 is 14.1 Å². The van der Waals surface area contributed by atoms with Gasteiger partial charge in [-0.25, -0.2) is 9.97 Å². The lowest BCUT2D eigenvalue weighted by atomic mass is 10.2. The number of rotatable bonds is 6. The Morgan fingerprint density at radius 1 is 1.12 bits per heavy atom. The van der Waals surface area contributed by atoms with Crippen LogP contribution in [-0.4, -0.2) is 31.8 Å². The van der Waals surface area contributed by atoms with Gasteiger partial charge in [0.15, 0.2) is 11.8 Å². The van der Waals surface area contributed by atoms with E-state index in [0.29, 0.717) is 11.0 Å². The minimum absolute atomic E-state index is 0.0626. The second kappa shape index (κ2) is 7.89. The molecule has 0 atom stereocenters. The van der Waals surface area contributed by atoms with Gasteiger partial charge in [-0.3, -0.25) is 4.79 Å². The first-order chi connectivity index (χ1) is 12.1. The highest BCUT2D eigenvalue weighted by Gasteiger charge is 2.12. The van der Waals surface area contributed by atoms with Crippen molar-refractivity contribution in [1.29, 1.82) is 0 Å². The van der Waals surface area contributed by atoms with Crippen molar-refractivity contribution in [2.75, 3.05) is 5.75 Å². The SMILES string of the molecule is Cc1cc(C)nc(SCC(=O)OCc2nc(-c3ccccc3)no2)n1. The summed E-state index contributed by atoms with van der Waals surface area (Å²) in [5.41, 5.74) is 2.57. The van der Waals surface area contributed by atoms with Crippen LogP contribution in [0.3, 0.4) is 0 Å². The van der Waals surface area contributed by atoms with E-state index in [-0.39, 0.29) is 18.3 Å². The van der Waals surface area contributed by atoms with E-state index in [9.17, 15) is 4.79 Å². The maximum absolute atomic E-state index is 11.8. The van der Waals surface area contributed by atoms with Gasteiger partial charge in [0, 0.05) is 17.0 Å². The lowest BCUT2D eigenvalue weighted by Gasteiger charge is -2.03. The number of aromatic nitrogens is 4. The molecule has 0 aliphatic rings. The highest BCUT2D eigenvalue weighted by molar-refractivity contribution is 7.99. The van der Waals surface area contributed by atoms with Crippen LogP contribution in [0.1, 0.15) is 17.3 Å². The van der Waals surface area contributed by atoms with E-state index in [4.69, 9.17) is 9.26 Å². The summed E-state index contributed by atoms with van der Waals surface area (Å²) >= 11 is 1.23. The number of benzene rings is 1. The number of nitrogens with zero attached hydrogens (tertiary/aromatic N) is 4. The van der Waals surface area contributed by atoms with E-state index in [2.05, 4.69) is 20.1 Å². The molecule has 3 rings (SSSR count). The number of esters is 1. The minimum atomic E-state index is -0.396. The van der Waals surface area contributed by atoms with Gasteiger partial charge in [-0.05, 0) is 19.9 Å². The lowest BCUT2D eigenvalue weighted by Crippen LogP contribution is -2.08. The Bertz CT molecular complexity index is 847. The van der Waals surface area contributed by atoms with Gasteiger partial charge in [0.2, 0.25) is 5.82 Å². The number of hydrogen-bond acceptors (Lipinski definition) is 8. The zero-order valence-electron chi connectivity index (χ0n) is 13.8. The first-order valence-corrected chi connectivity index (χ1v) is 8.57. The summed E-state index contributed by atoms with van der Waals surface area (Å²) in [4.78, 5) is 24.6. The summed E-state index contributed by atoms with van der Waals surface area (Å²) in [7, 11) is 0. The van der Waals surface area contributed by atoms with Gasteiger partial charge in [-0.15, -0.1) is 0 Å². The van der Waals surface area contributed by atoms with Crippen LogP contribution in [0.5, 0.6) is 0 Å². The van der Waals surface area contributed by atoms with Crippen molar-refractivity contribution in [1.82, 2.24) is 20.1 Å². The van der Waals surface area contributed by atoms with E-state index in [0.717, 1.165) is 17.0 Å². The largest absolute Gasteiger partial charge is 0.455 e. The molecular formula is C17H16N4O3S. The zero-order chi connectivity index (χ0) is 17.6. The molecule has 8 heteroatoms. The molecule has 2 heterocycles. The molecule has 0 radical (unpaired) electrons. The van der Waals surface area contributed by atoms with Crippen LogP contribution in [0.15, 0.2) is 46.1 Å². The van der Waals surface area contributed by atoms with Gasteiger partial charge in [-0.1, -0.05) is 47.3 Å². The number of hydrogen-bond donors (Lipinski definition) is 0. The fourth-order valence-electron chi connectivity index (χ4n) is 2.08. The normalized spacial score (nSPS) is 10.6. The van der Waals surface area contributed by atoms with E-state index < -0.39 is 5.97 Å². The monoisotopic (exact) mass is 356 g/mol. The topological polar surface area (TPSA) is 91.0 Å². The number of thioether (sulfide) groups is 1. The van der Waals surface area contributed by atoms with E-state index in [1.54, 1.807) is 0 Å². The Hall–Kier alpha value is -2.74. The Kier molecular flexibility index (Phi) is 5.39. The van der Waals surface area contributed by atoms with Gasteiger partial charge in [0.05, 0.1) is 5.75 Å². The van der Waals surface area contributed by atoms with E-state index in [1.165, 1.54) is 11.8 Å². The van der Waals surface area contributed by atoms with E-state index in [1.807, 2.05) is 50.2 Å². The highest BCUT2D eigenvalue weighted by Crippen LogP contribution is 2.16. The third-order valence-electron chi connectivity index (χ3n) is 3.14. The molecule has 0 unspecified atom stereocenters. The second-order valence-electron chi connectivity index (χ2n) is 5.26. The maximum atomic E-state index is 11.8. The van der Waals surface area contributed by atoms with E-state index >= 15 is 0 Å². The quantitative estimate of drug-likeness (QED) is 0.378. The maximum Gasteiger partial charge on any atom is 0.316 e. The molecule has 0 aliphatic carbocycles. The predicted octanol–water partition coefficient (Wildman–Crippen LogP) is 2.98. The Morgan fingerprint density at radius 2 is 1.84 bits per heavy atom. The molecule has 128 valence electrons. The fraction of sp³-hybridized carbons (Fsp3) is 0.235. The molecule has 25 heavy (non-hydrogen) atoms. The van der Waals surface area contributed by atoms with Crippen LogP contribution in [0.4, 0.5) is 0 Å². The first kappa shape index (κ1) is 17.1. The molecule has 3 aromatic rings. The molecule has 0 saturated heterocycles. The van der Waals surface area contributed by atoms with Gasteiger partial charge < -0.3 is 9.26 Å². The Balaban J connectivity index is 1.50. The average molecular weight is 356 g/mol. The number of aryl methyl sites for hydroxylation is 2. The van der Waals surface area contributed by atoms with Gasteiger partial charge >= 0.3 is 5.97 Å². The van der Waals surface area contributed by atoms with Crippen LogP contribution in [0, 0.1) is 13.8 Å². The highest BCUT2D eigenvalue weighted by atomic mass is 32.2. The lowest BCUT2D eigenvalue weighted by molar-refractivity contribution is -0.142. The number of carbonyl (C=O) groups excluding carboxylic acids is 1. The number of ether oxygens (including phenoxy) is 1. The van der Waals surface area contributed by atoms with Crippen molar-refractivity contribution in [2.45, 2.75) is 25.6 Å². The molecular weight excluding hydrogens is 340 g/mol. The molecule has 2 aromatic heterocycles. The first-order valence-electron chi connectivity index (χ1n) is 7.59. The molecule has 0 aliphatic heterocycles. The Labute approximate surface area is 148 Å². The van der Waals surface area contributed by atoms with Crippen LogP contribution >= 0.6 is 11.8 Å². The zero-order valence-corrected chi connectivity index (χ0v) is 14.6. The summed E-state index contributed by atoms with van der Waals surface area (Å²) in [6.45, 7) is 3.71. The van der Waals surface area contributed by atoms with Gasteiger partial charge in [0.1, 0.15) is 0 Å². The Morgan fingerprint density at radius 3 is 2.56 bits per heavy atom. The molecule has 7 nitrogen and oxygen atoms in total. The predicted molar refractivity (Wildman–Crippen MR) is 91.8 cm³/mol. The van der Waals surface area contributed by atoms with Crippen molar-refractivity contribution in [2.24, 2.45) is 0 Å². The third-order valence-corrected chi connectivity index (χ3v) is 3.96. The number of carbonyl (C=O) groups is 1. The van der Waals surface area contributed by atoms with Crippen LogP contribution < -0.4 is 0 Å². The fourth-order valence-corrected chi connectivity index (χ4v) is 2.83. The summed E-state index contributed by atoms with van der Waals surface area (Å²) in [5, 5.41) is 4.43. The molecule has 0 spiro atoms.